The van der Waals surface area contributed by atoms with Gasteiger partial charge in [0.15, 0.2) is 11.5 Å². The third-order valence-corrected chi connectivity index (χ3v) is 9.68. The second kappa shape index (κ2) is 16.4. The minimum Gasteiger partial charge on any atom is -0.454 e. The Hall–Kier alpha value is -4.13. The molecule has 11 nitrogen and oxygen atoms in total. The van der Waals surface area contributed by atoms with Crippen molar-refractivity contribution in [2.75, 3.05) is 33.6 Å². The van der Waals surface area contributed by atoms with Crippen LogP contribution in [0.1, 0.15) is 50.2 Å². The lowest BCUT2D eigenvalue weighted by atomic mass is 9.84. The highest BCUT2D eigenvalue weighted by Crippen LogP contribution is 2.35. The van der Waals surface area contributed by atoms with Gasteiger partial charge >= 0.3 is 6.09 Å². The number of rotatable bonds is 16. The van der Waals surface area contributed by atoms with Crippen LogP contribution in [-0.4, -0.2) is 75.5 Å². The molecule has 0 unspecified atom stereocenters. The zero-order chi connectivity index (χ0) is 33.1. The number of sulfonamides is 1. The number of nitrogens with zero attached hydrogens (tertiary/aromatic N) is 1. The third kappa shape index (κ3) is 8.77. The Kier molecular flexibility index (Phi) is 12.4. The summed E-state index contributed by atoms with van der Waals surface area (Å²) in [4.78, 5) is 26.0. The predicted molar refractivity (Wildman–Crippen MR) is 173 cm³/mol. The number of nitrogens with one attached hydrogen (secondary N) is 2. The number of aliphatic hydroxyl groups excluding tert-OH is 1. The van der Waals surface area contributed by atoms with Crippen molar-refractivity contribution < 1.29 is 37.3 Å². The van der Waals surface area contributed by atoms with E-state index in [-0.39, 0.29) is 43.2 Å². The lowest BCUT2D eigenvalue weighted by Gasteiger charge is -2.31. The number of fused-ring (bicyclic) bond motifs is 1. The van der Waals surface area contributed by atoms with E-state index in [2.05, 4.69) is 10.6 Å². The molecule has 3 aromatic rings. The summed E-state index contributed by atoms with van der Waals surface area (Å²) in [5.74, 6) is 0.0000419. The molecular formula is C34H43N3O8S. The summed E-state index contributed by atoms with van der Waals surface area (Å²) in [5.41, 5.74) is 1.70. The van der Waals surface area contributed by atoms with Gasteiger partial charge in [-0.3, -0.25) is 4.79 Å². The molecule has 0 spiro atoms. The van der Waals surface area contributed by atoms with Crippen molar-refractivity contribution >= 4 is 22.0 Å². The number of aliphatic hydroxyl groups is 1. The number of unbranched alkanes of at least 4 members (excludes halogenated alkanes) is 1. The SMILES string of the molecule is COC(=O)N[C@H](C(=O)NCCCC[C@@H](CO)N(CC(C)C)S(=O)(=O)c1ccc2c(c1)OCO2)C(c1ccccc1)c1ccccc1. The van der Waals surface area contributed by atoms with E-state index < -0.39 is 34.1 Å². The summed E-state index contributed by atoms with van der Waals surface area (Å²) in [5, 5.41) is 16.0. The summed E-state index contributed by atoms with van der Waals surface area (Å²) >= 11 is 0. The van der Waals surface area contributed by atoms with Crippen molar-refractivity contribution in [3.63, 3.8) is 0 Å². The molecule has 0 saturated heterocycles. The van der Waals surface area contributed by atoms with Crippen LogP contribution in [0.15, 0.2) is 83.8 Å². The van der Waals surface area contributed by atoms with Gasteiger partial charge in [-0.2, -0.15) is 4.31 Å². The Balaban J connectivity index is 1.43. The molecule has 46 heavy (non-hydrogen) atoms. The zero-order valence-corrected chi connectivity index (χ0v) is 27.2. The lowest BCUT2D eigenvalue weighted by molar-refractivity contribution is -0.123. The topological polar surface area (TPSA) is 143 Å². The Morgan fingerprint density at radius 1 is 0.935 bits per heavy atom. The maximum atomic E-state index is 13.7. The quantitative estimate of drug-likeness (QED) is 0.195. The lowest BCUT2D eigenvalue weighted by Crippen LogP contribution is -2.50. The first-order valence-electron chi connectivity index (χ1n) is 15.4. The van der Waals surface area contributed by atoms with Gasteiger partial charge in [-0.15, -0.1) is 0 Å². The van der Waals surface area contributed by atoms with E-state index in [1.807, 2.05) is 74.5 Å². The Bertz CT molecular complexity index is 1500. The molecule has 4 rings (SSSR count). The molecule has 12 heteroatoms. The number of alkyl carbamates (subject to hydrolysis) is 1. The van der Waals surface area contributed by atoms with Crippen molar-refractivity contribution in [1.82, 2.24) is 14.9 Å². The van der Waals surface area contributed by atoms with E-state index in [1.54, 1.807) is 6.07 Å². The summed E-state index contributed by atoms with van der Waals surface area (Å²) < 4.78 is 44.4. The van der Waals surface area contributed by atoms with Gasteiger partial charge in [-0.1, -0.05) is 80.9 Å². The Morgan fingerprint density at radius 3 is 2.15 bits per heavy atom. The van der Waals surface area contributed by atoms with Crippen molar-refractivity contribution in [2.24, 2.45) is 5.92 Å². The van der Waals surface area contributed by atoms with Gasteiger partial charge in [-0.05, 0) is 42.0 Å². The van der Waals surface area contributed by atoms with Crippen molar-refractivity contribution in [3.8, 4) is 11.5 Å². The van der Waals surface area contributed by atoms with Crippen LogP contribution >= 0.6 is 0 Å². The molecule has 0 radical (unpaired) electrons. The van der Waals surface area contributed by atoms with Crippen LogP contribution in [0.5, 0.6) is 11.5 Å². The standard InChI is InChI=1S/C34H43N3O8S/c1-24(2)21-37(46(41,42)28-17-18-29-30(20-28)45-23-44-29)27(22-38)16-10-11-19-35-33(39)32(36-34(40)43-3)31(25-12-6-4-7-13-25)26-14-8-5-9-15-26/h4-9,12-15,17-18,20,24,27,31-32,38H,10-11,16,19,21-23H2,1-3H3,(H,35,39)(H,36,40)/t27-,32-/m0/s1. The number of methoxy groups -OCH3 is 1. The molecular weight excluding hydrogens is 610 g/mol. The van der Waals surface area contributed by atoms with Gasteiger partial charge in [-0.25, -0.2) is 13.2 Å². The van der Waals surface area contributed by atoms with Crippen LogP contribution in [0, 0.1) is 5.92 Å². The number of carbonyl (C=O) groups is 2. The molecule has 0 fully saturated rings. The monoisotopic (exact) mass is 653 g/mol. The molecule has 0 aromatic heterocycles. The minimum absolute atomic E-state index is 0.0125. The second-order valence-electron chi connectivity index (χ2n) is 11.5. The summed E-state index contributed by atoms with van der Waals surface area (Å²) in [6.07, 6.45) is 0.709. The Labute approximate surface area is 270 Å². The van der Waals surface area contributed by atoms with E-state index in [4.69, 9.17) is 14.2 Å². The molecule has 2 atom stereocenters. The van der Waals surface area contributed by atoms with Gasteiger partial charge in [0.1, 0.15) is 6.04 Å². The fraction of sp³-hybridized carbons (Fsp3) is 0.412. The maximum absolute atomic E-state index is 13.7. The number of hydrogen-bond donors (Lipinski definition) is 3. The molecule has 1 aliphatic rings. The van der Waals surface area contributed by atoms with Gasteiger partial charge in [0, 0.05) is 31.1 Å². The number of benzene rings is 3. The average molecular weight is 654 g/mol. The summed E-state index contributed by atoms with van der Waals surface area (Å²) in [6, 6.07) is 21.8. The predicted octanol–water partition coefficient (Wildman–Crippen LogP) is 4.27. The fourth-order valence-corrected chi connectivity index (χ4v) is 7.34. The summed E-state index contributed by atoms with van der Waals surface area (Å²) in [6.45, 7) is 4.02. The van der Waals surface area contributed by atoms with Crippen LogP contribution in [-0.2, 0) is 19.6 Å². The van der Waals surface area contributed by atoms with E-state index in [1.165, 1.54) is 23.5 Å². The van der Waals surface area contributed by atoms with Gasteiger partial charge in [0.05, 0.1) is 18.6 Å². The van der Waals surface area contributed by atoms with Crippen LogP contribution < -0.4 is 20.1 Å². The summed E-state index contributed by atoms with van der Waals surface area (Å²) in [7, 11) is -2.71. The highest BCUT2D eigenvalue weighted by atomic mass is 32.2. The molecule has 0 bridgehead atoms. The molecule has 0 aliphatic carbocycles. The molecule has 0 saturated carbocycles. The first-order valence-corrected chi connectivity index (χ1v) is 16.8. The number of hydrogen-bond acceptors (Lipinski definition) is 8. The van der Waals surface area contributed by atoms with E-state index >= 15 is 0 Å². The van der Waals surface area contributed by atoms with Crippen LogP contribution in [0.3, 0.4) is 0 Å². The van der Waals surface area contributed by atoms with Crippen LogP contribution in [0.25, 0.3) is 0 Å². The van der Waals surface area contributed by atoms with Gasteiger partial charge in [0.2, 0.25) is 22.7 Å². The molecule has 1 aliphatic heterocycles. The number of amides is 2. The van der Waals surface area contributed by atoms with Crippen LogP contribution in [0.4, 0.5) is 4.79 Å². The van der Waals surface area contributed by atoms with E-state index in [9.17, 15) is 23.1 Å². The second-order valence-corrected chi connectivity index (χ2v) is 13.4. The molecule has 248 valence electrons. The molecule has 3 N–H and O–H groups in total. The first kappa shape index (κ1) is 34.7. The highest BCUT2D eigenvalue weighted by Gasteiger charge is 2.34. The largest absolute Gasteiger partial charge is 0.454 e. The third-order valence-electron chi connectivity index (χ3n) is 7.77. The molecule has 1 heterocycles. The average Bonchev–Trinajstić information content (AvgIpc) is 3.54. The van der Waals surface area contributed by atoms with Crippen molar-refractivity contribution in [1.29, 1.82) is 0 Å². The Morgan fingerprint density at radius 2 is 1.57 bits per heavy atom. The van der Waals surface area contributed by atoms with Crippen LogP contribution in [0.2, 0.25) is 0 Å². The minimum atomic E-state index is -3.96. The van der Waals surface area contributed by atoms with E-state index in [0.29, 0.717) is 30.8 Å². The van der Waals surface area contributed by atoms with E-state index in [0.717, 1.165) is 11.1 Å². The highest BCUT2D eigenvalue weighted by molar-refractivity contribution is 7.89. The molecule has 2 amide bonds. The normalized spacial score (nSPS) is 13.9. The number of carbonyl (C=O) groups excluding carboxylic acids is 2. The van der Waals surface area contributed by atoms with Crippen molar-refractivity contribution in [3.05, 3.63) is 90.0 Å². The van der Waals surface area contributed by atoms with Crippen molar-refractivity contribution in [2.45, 2.75) is 56.0 Å². The van der Waals surface area contributed by atoms with Gasteiger partial charge < -0.3 is 30.0 Å². The maximum Gasteiger partial charge on any atom is 0.407 e. The molecule has 3 aromatic carbocycles. The first-order chi connectivity index (χ1) is 22.1. The smallest absolute Gasteiger partial charge is 0.407 e. The number of ether oxygens (including phenoxy) is 3. The zero-order valence-electron chi connectivity index (χ0n) is 26.4. The fourth-order valence-electron chi connectivity index (χ4n) is 5.51. The van der Waals surface area contributed by atoms with Gasteiger partial charge in [0.25, 0.3) is 0 Å².